The molecule has 1 aromatic heterocycles. The van der Waals surface area contributed by atoms with E-state index < -0.39 is 0 Å². The van der Waals surface area contributed by atoms with Crippen LogP contribution in [0.25, 0.3) is 0 Å². The van der Waals surface area contributed by atoms with Gasteiger partial charge in [0.15, 0.2) is 0 Å². The number of nitrogens with one attached hydrogen (secondary N) is 1. The number of nitrogens with zero attached hydrogens (tertiary/aromatic N) is 1. The Morgan fingerprint density at radius 1 is 1.28 bits per heavy atom. The van der Waals surface area contributed by atoms with Crippen molar-refractivity contribution in [3.8, 4) is 0 Å². The molecule has 0 fully saturated rings. The summed E-state index contributed by atoms with van der Waals surface area (Å²) in [6.07, 6.45) is 1.00. The highest BCUT2D eigenvalue weighted by molar-refractivity contribution is 9.11. The quantitative estimate of drug-likeness (QED) is 0.781. The van der Waals surface area contributed by atoms with Crippen molar-refractivity contribution in [2.45, 2.75) is 26.8 Å². The minimum absolute atomic E-state index is 0.747. The summed E-state index contributed by atoms with van der Waals surface area (Å²) in [6.45, 7) is 4.95. The molecule has 18 heavy (non-hydrogen) atoms. The summed E-state index contributed by atoms with van der Waals surface area (Å²) in [4.78, 5) is 4.55. The molecule has 0 unspecified atom stereocenters. The maximum atomic E-state index is 4.55. The van der Waals surface area contributed by atoms with Gasteiger partial charge in [-0.3, -0.25) is 0 Å². The predicted molar refractivity (Wildman–Crippen MR) is 85.4 cm³/mol. The van der Waals surface area contributed by atoms with E-state index in [-0.39, 0.29) is 0 Å². The molecule has 1 aromatic carbocycles. The lowest BCUT2D eigenvalue weighted by atomic mass is 10.2. The third kappa shape index (κ3) is 3.33. The smallest absolute Gasteiger partial charge is 0.0926 e. The Balaban J connectivity index is 2.10. The van der Waals surface area contributed by atoms with Crippen molar-refractivity contribution in [3.63, 3.8) is 0 Å². The highest BCUT2D eigenvalue weighted by Crippen LogP contribution is 2.32. The minimum atomic E-state index is 0.747. The lowest BCUT2D eigenvalue weighted by Crippen LogP contribution is -2.01. The van der Waals surface area contributed by atoms with Crippen molar-refractivity contribution in [2.75, 3.05) is 5.32 Å². The second kappa shape index (κ2) is 6.17. The highest BCUT2D eigenvalue weighted by Gasteiger charge is 2.07. The van der Waals surface area contributed by atoms with Gasteiger partial charge in [0.25, 0.3) is 0 Å². The topological polar surface area (TPSA) is 24.9 Å². The van der Waals surface area contributed by atoms with Crippen LogP contribution in [-0.4, -0.2) is 4.98 Å². The Morgan fingerprint density at radius 2 is 1.94 bits per heavy atom. The SMILES string of the molecule is CCc1nc(CNc2c(Br)cc(C)cc2Br)cs1. The number of halogens is 2. The van der Waals surface area contributed by atoms with E-state index in [0.717, 1.165) is 33.3 Å². The molecule has 0 atom stereocenters. The highest BCUT2D eigenvalue weighted by atomic mass is 79.9. The first-order valence-electron chi connectivity index (χ1n) is 5.73. The van der Waals surface area contributed by atoms with E-state index >= 15 is 0 Å². The molecule has 0 aliphatic rings. The monoisotopic (exact) mass is 388 g/mol. The molecule has 2 aromatic rings. The zero-order valence-corrected chi connectivity index (χ0v) is 14.2. The molecule has 0 aliphatic carbocycles. The van der Waals surface area contributed by atoms with Crippen molar-refractivity contribution in [3.05, 3.63) is 42.7 Å². The van der Waals surface area contributed by atoms with Gasteiger partial charge < -0.3 is 5.32 Å². The summed E-state index contributed by atoms with van der Waals surface area (Å²) in [5.74, 6) is 0. The Morgan fingerprint density at radius 3 is 2.50 bits per heavy atom. The molecule has 0 radical (unpaired) electrons. The van der Waals surface area contributed by atoms with Crippen LogP contribution >= 0.6 is 43.2 Å². The van der Waals surface area contributed by atoms with Gasteiger partial charge in [-0.05, 0) is 62.9 Å². The van der Waals surface area contributed by atoms with Crippen LogP contribution in [0.15, 0.2) is 26.5 Å². The molecular weight excluding hydrogens is 376 g/mol. The average molecular weight is 390 g/mol. The summed E-state index contributed by atoms with van der Waals surface area (Å²) in [5, 5.41) is 6.71. The van der Waals surface area contributed by atoms with E-state index in [2.05, 4.69) is 73.5 Å². The number of thiazole rings is 1. The number of hydrogen-bond donors (Lipinski definition) is 1. The molecule has 0 saturated heterocycles. The molecule has 1 N–H and O–H groups in total. The van der Waals surface area contributed by atoms with E-state index in [4.69, 9.17) is 0 Å². The zero-order valence-electron chi connectivity index (χ0n) is 10.3. The standard InChI is InChI=1S/C13H14Br2N2S/c1-3-12-17-9(7-18-12)6-16-13-10(14)4-8(2)5-11(13)15/h4-5,7,16H,3,6H2,1-2H3. The third-order valence-electron chi connectivity index (χ3n) is 2.53. The van der Waals surface area contributed by atoms with Crippen molar-refractivity contribution < 1.29 is 0 Å². The van der Waals surface area contributed by atoms with Crippen molar-refractivity contribution in [1.82, 2.24) is 4.98 Å². The summed E-state index contributed by atoms with van der Waals surface area (Å²) < 4.78 is 2.14. The van der Waals surface area contributed by atoms with Gasteiger partial charge in [0.2, 0.25) is 0 Å². The van der Waals surface area contributed by atoms with Gasteiger partial charge in [-0.15, -0.1) is 11.3 Å². The number of hydrogen-bond acceptors (Lipinski definition) is 3. The van der Waals surface area contributed by atoms with Crippen LogP contribution in [0.5, 0.6) is 0 Å². The van der Waals surface area contributed by atoms with Gasteiger partial charge in [0, 0.05) is 14.3 Å². The largest absolute Gasteiger partial charge is 0.378 e. The zero-order chi connectivity index (χ0) is 13.1. The lowest BCUT2D eigenvalue weighted by Gasteiger charge is -2.10. The van der Waals surface area contributed by atoms with Crippen LogP contribution in [0, 0.1) is 6.92 Å². The van der Waals surface area contributed by atoms with Crippen LogP contribution in [-0.2, 0) is 13.0 Å². The molecule has 5 heteroatoms. The Kier molecular flexibility index (Phi) is 4.81. The van der Waals surface area contributed by atoms with Crippen LogP contribution in [0.4, 0.5) is 5.69 Å². The molecule has 1 heterocycles. The molecule has 96 valence electrons. The van der Waals surface area contributed by atoms with Crippen LogP contribution in [0.1, 0.15) is 23.2 Å². The van der Waals surface area contributed by atoms with Gasteiger partial charge in [0.05, 0.1) is 22.9 Å². The molecule has 0 aliphatic heterocycles. The first-order chi connectivity index (χ1) is 8.60. The van der Waals surface area contributed by atoms with Gasteiger partial charge in [-0.2, -0.15) is 0 Å². The Labute approximate surface area is 128 Å². The first kappa shape index (κ1) is 14.0. The fourth-order valence-electron chi connectivity index (χ4n) is 1.64. The minimum Gasteiger partial charge on any atom is -0.378 e. The Hall–Kier alpha value is -0.390. The fourth-order valence-corrected chi connectivity index (χ4v) is 4.08. The van der Waals surface area contributed by atoms with Crippen LogP contribution in [0.3, 0.4) is 0 Å². The van der Waals surface area contributed by atoms with Gasteiger partial charge in [-0.25, -0.2) is 4.98 Å². The lowest BCUT2D eigenvalue weighted by molar-refractivity contribution is 1.01. The van der Waals surface area contributed by atoms with E-state index in [9.17, 15) is 0 Å². The molecule has 2 rings (SSSR count). The second-order valence-corrected chi connectivity index (χ2v) is 6.69. The van der Waals surface area contributed by atoms with E-state index in [1.165, 1.54) is 10.6 Å². The van der Waals surface area contributed by atoms with Crippen molar-refractivity contribution >= 4 is 48.9 Å². The molecule has 0 spiro atoms. The molecule has 0 amide bonds. The maximum absolute atomic E-state index is 4.55. The molecular formula is C13H14Br2N2S. The second-order valence-electron chi connectivity index (χ2n) is 4.04. The van der Waals surface area contributed by atoms with E-state index in [0.29, 0.717) is 0 Å². The number of rotatable bonds is 4. The summed E-state index contributed by atoms with van der Waals surface area (Å²) in [6, 6.07) is 4.21. The van der Waals surface area contributed by atoms with Crippen LogP contribution < -0.4 is 5.32 Å². The predicted octanol–water partition coefficient (Wildman–Crippen LogP) is 5.15. The molecule has 0 bridgehead atoms. The molecule has 2 nitrogen and oxygen atoms in total. The van der Waals surface area contributed by atoms with Crippen molar-refractivity contribution in [2.24, 2.45) is 0 Å². The average Bonchev–Trinajstić information content (AvgIpc) is 2.75. The number of benzene rings is 1. The number of aryl methyl sites for hydroxylation is 2. The number of anilines is 1. The van der Waals surface area contributed by atoms with Gasteiger partial charge in [-0.1, -0.05) is 6.92 Å². The number of aromatic nitrogens is 1. The molecule has 0 saturated carbocycles. The van der Waals surface area contributed by atoms with Crippen molar-refractivity contribution in [1.29, 1.82) is 0 Å². The fraction of sp³-hybridized carbons (Fsp3) is 0.308. The van der Waals surface area contributed by atoms with Gasteiger partial charge in [0.1, 0.15) is 0 Å². The Bertz CT molecular complexity index is 529. The van der Waals surface area contributed by atoms with E-state index in [1.54, 1.807) is 11.3 Å². The normalized spacial score (nSPS) is 10.7. The van der Waals surface area contributed by atoms with Crippen LogP contribution in [0.2, 0.25) is 0 Å². The first-order valence-corrected chi connectivity index (χ1v) is 8.19. The maximum Gasteiger partial charge on any atom is 0.0926 e. The summed E-state index contributed by atoms with van der Waals surface area (Å²) in [7, 11) is 0. The van der Waals surface area contributed by atoms with E-state index in [1.807, 2.05) is 0 Å². The van der Waals surface area contributed by atoms with Gasteiger partial charge >= 0.3 is 0 Å². The summed E-state index contributed by atoms with van der Waals surface area (Å²) >= 11 is 8.88. The summed E-state index contributed by atoms with van der Waals surface area (Å²) in [5.41, 5.74) is 3.39. The third-order valence-corrected chi connectivity index (χ3v) is 4.83.